The highest BCUT2D eigenvalue weighted by Crippen LogP contribution is 2.06. The molecule has 0 radical (unpaired) electrons. The van der Waals surface area contributed by atoms with Crippen LogP contribution < -0.4 is 0 Å². The largest absolute Gasteiger partial charge is 0.285 e. The average Bonchev–Trinajstić information content (AvgIpc) is 1.97. The minimum absolute atomic E-state index is 0.562. The fourth-order valence-electron chi connectivity index (χ4n) is 1.04. The maximum absolute atomic E-state index is 10.8. The highest BCUT2D eigenvalue weighted by Gasteiger charge is 2.24. The van der Waals surface area contributed by atoms with Crippen molar-refractivity contribution in [3.05, 3.63) is 12.7 Å². The first-order valence-corrected chi connectivity index (χ1v) is 5.30. The van der Waals surface area contributed by atoms with Gasteiger partial charge in [-0.05, 0) is 13.1 Å². The molecule has 0 rings (SSSR count). The van der Waals surface area contributed by atoms with Gasteiger partial charge in [-0.1, -0.05) is 19.9 Å². The molecule has 0 fully saturated rings. The second-order valence-electron chi connectivity index (χ2n) is 2.36. The van der Waals surface area contributed by atoms with Crippen molar-refractivity contribution >= 4 is 10.1 Å². The van der Waals surface area contributed by atoms with Crippen molar-refractivity contribution in [2.75, 3.05) is 13.1 Å². The van der Waals surface area contributed by atoms with Gasteiger partial charge >= 0.3 is 0 Å². The van der Waals surface area contributed by atoms with E-state index in [4.69, 9.17) is 4.55 Å². The molecule has 5 heteroatoms. The molecule has 0 aliphatic heterocycles. The zero-order valence-electron chi connectivity index (χ0n) is 7.40. The Hall–Kier alpha value is -0.390. The van der Waals surface area contributed by atoms with Gasteiger partial charge in [0.05, 0.1) is 0 Å². The van der Waals surface area contributed by atoms with Crippen molar-refractivity contribution < 1.29 is 13.0 Å². The Labute approximate surface area is 73.6 Å². The summed E-state index contributed by atoms with van der Waals surface area (Å²) in [5.41, 5.74) is 0. The quantitative estimate of drug-likeness (QED) is 0.516. The molecular weight excluding hydrogens is 178 g/mol. The topological polar surface area (TPSA) is 57.6 Å². The molecule has 0 amide bonds. The summed E-state index contributed by atoms with van der Waals surface area (Å²) in [6.07, 6.45) is 1.22. The van der Waals surface area contributed by atoms with Crippen LogP contribution in [0.4, 0.5) is 0 Å². The number of nitrogens with zero attached hydrogens (tertiary/aromatic N) is 1. The third-order valence-corrected chi connectivity index (χ3v) is 2.78. The van der Waals surface area contributed by atoms with Gasteiger partial charge in [0.15, 0.2) is 5.37 Å². The third-order valence-electron chi connectivity index (χ3n) is 1.68. The molecule has 0 aliphatic rings. The molecule has 0 spiro atoms. The summed E-state index contributed by atoms with van der Waals surface area (Å²) in [4.78, 5) is 1.60. The molecule has 0 aromatic heterocycles. The predicted molar refractivity (Wildman–Crippen MR) is 48.5 cm³/mol. The molecule has 4 nitrogen and oxygen atoms in total. The highest BCUT2D eigenvalue weighted by molar-refractivity contribution is 7.86. The van der Waals surface area contributed by atoms with Crippen LogP contribution in [0, 0.1) is 0 Å². The van der Waals surface area contributed by atoms with E-state index in [-0.39, 0.29) is 0 Å². The van der Waals surface area contributed by atoms with Crippen LogP contribution in [0.5, 0.6) is 0 Å². The van der Waals surface area contributed by atoms with Crippen molar-refractivity contribution in [1.82, 2.24) is 4.90 Å². The Morgan fingerprint density at radius 1 is 1.50 bits per heavy atom. The van der Waals surface area contributed by atoms with Crippen molar-refractivity contribution in [1.29, 1.82) is 0 Å². The van der Waals surface area contributed by atoms with Crippen molar-refractivity contribution in [3.8, 4) is 0 Å². The van der Waals surface area contributed by atoms with Gasteiger partial charge in [-0.3, -0.25) is 9.45 Å². The monoisotopic (exact) mass is 193 g/mol. The SMILES string of the molecule is C=CC(N(CC)CC)S(=O)(=O)O. The molecular formula is C7H15NO3S. The summed E-state index contributed by atoms with van der Waals surface area (Å²) in [7, 11) is -4.03. The average molecular weight is 193 g/mol. The zero-order valence-corrected chi connectivity index (χ0v) is 8.21. The van der Waals surface area contributed by atoms with Gasteiger partial charge in [0.1, 0.15) is 0 Å². The normalized spacial score (nSPS) is 14.7. The Morgan fingerprint density at radius 3 is 2.00 bits per heavy atom. The molecule has 0 aromatic carbocycles. The van der Waals surface area contributed by atoms with Gasteiger partial charge in [-0.15, -0.1) is 6.58 Å². The zero-order chi connectivity index (χ0) is 9.78. The fourth-order valence-corrected chi connectivity index (χ4v) is 1.96. The van der Waals surface area contributed by atoms with E-state index in [1.165, 1.54) is 6.08 Å². The molecule has 0 aromatic rings. The first-order valence-electron chi connectivity index (χ1n) is 3.80. The second-order valence-corrected chi connectivity index (χ2v) is 3.88. The van der Waals surface area contributed by atoms with Gasteiger partial charge in [0.2, 0.25) is 0 Å². The van der Waals surface area contributed by atoms with E-state index in [0.717, 1.165) is 0 Å². The standard InChI is InChI=1S/C7H15NO3S/c1-4-7(12(9,10)11)8(5-2)6-3/h4,7H,1,5-6H2,2-3H3,(H,9,10,11). The van der Waals surface area contributed by atoms with E-state index in [1.807, 2.05) is 13.8 Å². The van der Waals surface area contributed by atoms with E-state index in [9.17, 15) is 8.42 Å². The molecule has 0 aliphatic carbocycles. The maximum Gasteiger partial charge on any atom is 0.285 e. The molecule has 0 heterocycles. The van der Waals surface area contributed by atoms with E-state index < -0.39 is 15.5 Å². The minimum atomic E-state index is -4.03. The first-order chi connectivity index (χ1) is 5.47. The van der Waals surface area contributed by atoms with Crippen molar-refractivity contribution in [2.24, 2.45) is 0 Å². The molecule has 12 heavy (non-hydrogen) atoms. The summed E-state index contributed by atoms with van der Waals surface area (Å²) in [5.74, 6) is 0. The van der Waals surface area contributed by atoms with Crippen LogP contribution in [-0.2, 0) is 10.1 Å². The van der Waals surface area contributed by atoms with E-state index >= 15 is 0 Å². The van der Waals surface area contributed by atoms with Crippen LogP contribution in [0.1, 0.15) is 13.8 Å². The van der Waals surface area contributed by atoms with Gasteiger partial charge < -0.3 is 0 Å². The molecule has 1 N–H and O–H groups in total. The fraction of sp³-hybridized carbons (Fsp3) is 0.714. The van der Waals surface area contributed by atoms with Crippen LogP contribution >= 0.6 is 0 Å². The highest BCUT2D eigenvalue weighted by atomic mass is 32.2. The van der Waals surface area contributed by atoms with Gasteiger partial charge in [-0.2, -0.15) is 8.42 Å². The second kappa shape index (κ2) is 4.59. The lowest BCUT2D eigenvalue weighted by Gasteiger charge is -2.23. The van der Waals surface area contributed by atoms with Crippen LogP contribution in [0.15, 0.2) is 12.7 Å². The molecule has 1 unspecified atom stereocenters. The van der Waals surface area contributed by atoms with Crippen LogP contribution in [-0.4, -0.2) is 36.3 Å². The Balaban J connectivity index is 4.65. The van der Waals surface area contributed by atoms with Gasteiger partial charge in [0, 0.05) is 0 Å². The summed E-state index contributed by atoms with van der Waals surface area (Å²) < 4.78 is 30.3. The minimum Gasteiger partial charge on any atom is -0.284 e. The Kier molecular flexibility index (Phi) is 4.44. The molecule has 0 bridgehead atoms. The summed E-state index contributed by atoms with van der Waals surface area (Å²) in [5, 5.41) is -0.979. The maximum atomic E-state index is 10.8. The summed E-state index contributed by atoms with van der Waals surface area (Å²) >= 11 is 0. The number of hydrogen-bond acceptors (Lipinski definition) is 3. The Bertz CT molecular complexity index is 231. The molecule has 0 saturated heterocycles. The smallest absolute Gasteiger partial charge is 0.284 e. The van der Waals surface area contributed by atoms with Crippen molar-refractivity contribution in [2.45, 2.75) is 19.2 Å². The van der Waals surface area contributed by atoms with Crippen LogP contribution in [0.25, 0.3) is 0 Å². The van der Waals surface area contributed by atoms with Gasteiger partial charge in [-0.25, -0.2) is 0 Å². The van der Waals surface area contributed by atoms with Crippen LogP contribution in [0.3, 0.4) is 0 Å². The van der Waals surface area contributed by atoms with E-state index in [1.54, 1.807) is 4.90 Å². The lowest BCUT2D eigenvalue weighted by atomic mass is 10.4. The van der Waals surface area contributed by atoms with Gasteiger partial charge in [0.25, 0.3) is 10.1 Å². The molecule has 0 saturated carbocycles. The predicted octanol–water partition coefficient (Wildman–Crippen LogP) is 0.728. The number of rotatable bonds is 5. The number of hydrogen-bond donors (Lipinski definition) is 1. The lowest BCUT2D eigenvalue weighted by Crippen LogP contribution is -2.39. The molecule has 72 valence electrons. The molecule has 1 atom stereocenters. The number of likely N-dealkylation sites (N-methyl/N-ethyl adjacent to an activating group) is 1. The summed E-state index contributed by atoms with van der Waals surface area (Å²) in [6.45, 7) is 8.14. The lowest BCUT2D eigenvalue weighted by molar-refractivity contribution is 0.290. The van der Waals surface area contributed by atoms with Crippen molar-refractivity contribution in [3.63, 3.8) is 0 Å². The first kappa shape index (κ1) is 11.6. The van der Waals surface area contributed by atoms with E-state index in [0.29, 0.717) is 13.1 Å². The van der Waals surface area contributed by atoms with Crippen LogP contribution in [0.2, 0.25) is 0 Å². The van der Waals surface area contributed by atoms with E-state index in [2.05, 4.69) is 6.58 Å². The Morgan fingerprint density at radius 2 is 1.92 bits per heavy atom. The summed E-state index contributed by atoms with van der Waals surface area (Å²) in [6, 6.07) is 0. The third kappa shape index (κ3) is 2.92.